The summed E-state index contributed by atoms with van der Waals surface area (Å²) in [6.07, 6.45) is 2.07. The Kier molecular flexibility index (Phi) is 5.46. The van der Waals surface area contributed by atoms with Crippen molar-refractivity contribution in [1.82, 2.24) is 10.6 Å². The second-order valence-electron chi connectivity index (χ2n) is 4.74. The maximum Gasteiger partial charge on any atom is 0.416 e. The second-order valence-corrected chi connectivity index (χ2v) is 4.74. The first-order valence-electron chi connectivity index (χ1n) is 6.84. The van der Waals surface area contributed by atoms with E-state index in [0.717, 1.165) is 17.7 Å². The van der Waals surface area contributed by atoms with Gasteiger partial charge in [0.05, 0.1) is 18.1 Å². The smallest absolute Gasteiger partial charge is 0.416 e. The van der Waals surface area contributed by atoms with Gasteiger partial charge >= 0.3 is 12.2 Å². The summed E-state index contributed by atoms with van der Waals surface area (Å²) in [5.41, 5.74) is 0.617. The highest BCUT2D eigenvalue weighted by molar-refractivity contribution is 5.75. The van der Waals surface area contributed by atoms with E-state index in [0.29, 0.717) is 12.0 Å². The van der Waals surface area contributed by atoms with Crippen LogP contribution in [-0.4, -0.2) is 12.6 Å². The lowest BCUT2D eigenvalue weighted by Crippen LogP contribution is -2.33. The third-order valence-corrected chi connectivity index (χ3v) is 2.99. The number of furan rings is 1. The van der Waals surface area contributed by atoms with Crippen LogP contribution in [0.25, 0.3) is 6.08 Å². The van der Waals surface area contributed by atoms with E-state index in [2.05, 4.69) is 10.6 Å². The molecule has 2 N–H and O–H groups in total. The van der Waals surface area contributed by atoms with Crippen LogP contribution < -0.4 is 10.6 Å². The van der Waals surface area contributed by atoms with Gasteiger partial charge in [0.15, 0.2) is 0 Å². The Morgan fingerprint density at radius 3 is 2.78 bits per heavy atom. The fourth-order valence-corrected chi connectivity index (χ4v) is 1.86. The van der Waals surface area contributed by atoms with E-state index in [4.69, 9.17) is 4.42 Å². The molecule has 0 aliphatic rings. The molecule has 7 heteroatoms. The number of carbonyl (C=O) groups excluding carboxylic acids is 1. The summed E-state index contributed by atoms with van der Waals surface area (Å²) in [5, 5.41) is 5.05. The molecular formula is C16H15F3N2O2. The molecule has 0 aliphatic heterocycles. The van der Waals surface area contributed by atoms with Gasteiger partial charge in [-0.2, -0.15) is 13.2 Å². The zero-order valence-corrected chi connectivity index (χ0v) is 12.1. The number of benzene rings is 1. The fraction of sp³-hybridized carbons (Fsp3) is 0.188. The highest BCUT2D eigenvalue weighted by Gasteiger charge is 2.30. The Morgan fingerprint density at radius 2 is 2.09 bits per heavy atom. The maximum absolute atomic E-state index is 12.6. The van der Waals surface area contributed by atoms with E-state index in [9.17, 15) is 18.0 Å². The molecule has 1 aromatic heterocycles. The van der Waals surface area contributed by atoms with Gasteiger partial charge < -0.3 is 15.1 Å². The minimum absolute atomic E-state index is 0.229. The third kappa shape index (κ3) is 5.54. The van der Waals surface area contributed by atoms with Gasteiger partial charge in [0, 0.05) is 18.3 Å². The Bertz CT molecular complexity index is 664. The van der Waals surface area contributed by atoms with Gasteiger partial charge in [-0.25, -0.2) is 4.79 Å². The van der Waals surface area contributed by atoms with E-state index >= 15 is 0 Å². The largest absolute Gasteiger partial charge is 0.472 e. The molecule has 2 amide bonds. The maximum atomic E-state index is 12.6. The summed E-state index contributed by atoms with van der Waals surface area (Å²) < 4.78 is 42.6. The summed E-state index contributed by atoms with van der Waals surface area (Å²) in [6, 6.07) is 6.34. The Labute approximate surface area is 131 Å². The van der Waals surface area contributed by atoms with Crippen molar-refractivity contribution in [3.05, 3.63) is 65.7 Å². The van der Waals surface area contributed by atoms with E-state index in [1.807, 2.05) is 0 Å². The molecule has 23 heavy (non-hydrogen) atoms. The zero-order valence-electron chi connectivity index (χ0n) is 12.1. The Morgan fingerprint density at radius 1 is 1.26 bits per heavy atom. The molecule has 1 aromatic carbocycles. The van der Waals surface area contributed by atoms with E-state index in [1.54, 1.807) is 18.2 Å². The van der Waals surface area contributed by atoms with E-state index in [1.165, 1.54) is 24.8 Å². The van der Waals surface area contributed by atoms with Crippen LogP contribution in [0.1, 0.15) is 16.7 Å². The normalized spacial score (nSPS) is 11.6. The predicted molar refractivity (Wildman–Crippen MR) is 79.4 cm³/mol. The molecule has 0 radical (unpaired) electrons. The van der Waals surface area contributed by atoms with Crippen LogP contribution in [0.2, 0.25) is 0 Å². The first kappa shape index (κ1) is 16.7. The van der Waals surface area contributed by atoms with Crippen LogP contribution in [0.4, 0.5) is 18.0 Å². The van der Waals surface area contributed by atoms with Crippen LogP contribution in [0, 0.1) is 0 Å². The number of hydrogen-bond donors (Lipinski definition) is 2. The van der Waals surface area contributed by atoms with Gasteiger partial charge in [0.1, 0.15) is 0 Å². The molecule has 0 aliphatic carbocycles. The molecule has 0 saturated carbocycles. The lowest BCUT2D eigenvalue weighted by molar-refractivity contribution is -0.137. The Hall–Kier alpha value is -2.70. The SMILES string of the molecule is O=C(N/C=C/c1ccoc1)NCCc1cccc(C(F)(F)F)c1. The average molecular weight is 324 g/mol. The Balaban J connectivity index is 1.75. The lowest BCUT2D eigenvalue weighted by atomic mass is 10.1. The monoisotopic (exact) mass is 324 g/mol. The van der Waals surface area contributed by atoms with Crippen molar-refractivity contribution in [2.75, 3.05) is 6.54 Å². The summed E-state index contributed by atoms with van der Waals surface area (Å²) >= 11 is 0. The molecule has 0 saturated heterocycles. The molecule has 0 atom stereocenters. The number of carbonyl (C=O) groups is 1. The van der Waals surface area contributed by atoms with Crippen molar-refractivity contribution in [2.24, 2.45) is 0 Å². The standard InChI is InChI=1S/C16H15F3N2O2/c17-16(18,19)14-3-1-2-12(10-14)4-7-20-15(22)21-8-5-13-6-9-23-11-13/h1-3,5-6,8-11H,4,7H2,(H2,20,21,22)/b8-5+. The van der Waals surface area contributed by atoms with E-state index < -0.39 is 17.8 Å². The predicted octanol–water partition coefficient (Wildman–Crippen LogP) is 3.81. The minimum Gasteiger partial charge on any atom is -0.472 e. The molecule has 0 bridgehead atoms. The van der Waals surface area contributed by atoms with Gasteiger partial charge in [-0.3, -0.25) is 0 Å². The number of amides is 2. The van der Waals surface area contributed by atoms with Crippen molar-refractivity contribution in [3.8, 4) is 0 Å². The van der Waals surface area contributed by atoms with Crippen molar-refractivity contribution >= 4 is 12.1 Å². The molecule has 2 rings (SSSR count). The van der Waals surface area contributed by atoms with Crippen molar-refractivity contribution in [1.29, 1.82) is 0 Å². The van der Waals surface area contributed by atoms with Gasteiger partial charge in [-0.1, -0.05) is 18.2 Å². The topological polar surface area (TPSA) is 54.3 Å². The number of rotatable bonds is 5. The fourth-order valence-electron chi connectivity index (χ4n) is 1.86. The highest BCUT2D eigenvalue weighted by atomic mass is 19.4. The highest BCUT2D eigenvalue weighted by Crippen LogP contribution is 2.29. The quantitative estimate of drug-likeness (QED) is 0.879. The lowest BCUT2D eigenvalue weighted by Gasteiger charge is -2.09. The number of halogens is 3. The first-order chi connectivity index (χ1) is 10.9. The summed E-state index contributed by atoms with van der Waals surface area (Å²) in [4.78, 5) is 11.5. The minimum atomic E-state index is -4.36. The molecule has 0 fully saturated rings. The van der Waals surface area contributed by atoms with Crippen LogP contribution in [0.15, 0.2) is 53.5 Å². The first-order valence-corrected chi connectivity index (χ1v) is 6.84. The number of urea groups is 1. The van der Waals surface area contributed by atoms with Crippen LogP contribution in [0.5, 0.6) is 0 Å². The van der Waals surface area contributed by atoms with Crippen LogP contribution in [0.3, 0.4) is 0 Å². The van der Waals surface area contributed by atoms with Crippen molar-refractivity contribution < 1.29 is 22.4 Å². The summed E-state index contributed by atoms with van der Waals surface area (Å²) in [7, 11) is 0. The molecule has 0 unspecified atom stereocenters. The van der Waals surface area contributed by atoms with Crippen LogP contribution in [-0.2, 0) is 12.6 Å². The molecule has 1 heterocycles. The van der Waals surface area contributed by atoms with Gasteiger partial charge in [0.2, 0.25) is 0 Å². The molecule has 0 spiro atoms. The zero-order chi connectivity index (χ0) is 16.7. The number of hydrogen-bond acceptors (Lipinski definition) is 2. The molecule has 4 nitrogen and oxygen atoms in total. The van der Waals surface area contributed by atoms with Crippen LogP contribution >= 0.6 is 0 Å². The van der Waals surface area contributed by atoms with Crippen molar-refractivity contribution in [3.63, 3.8) is 0 Å². The second kappa shape index (κ2) is 7.53. The van der Waals surface area contributed by atoms with Gasteiger partial charge in [-0.05, 0) is 30.2 Å². The molecule has 2 aromatic rings. The molecular weight excluding hydrogens is 309 g/mol. The van der Waals surface area contributed by atoms with E-state index in [-0.39, 0.29) is 6.54 Å². The summed E-state index contributed by atoms with van der Waals surface area (Å²) in [6.45, 7) is 0.229. The average Bonchev–Trinajstić information content (AvgIpc) is 3.00. The van der Waals surface area contributed by atoms with Gasteiger partial charge in [-0.15, -0.1) is 0 Å². The number of nitrogens with one attached hydrogen (secondary N) is 2. The van der Waals surface area contributed by atoms with Crippen molar-refractivity contribution in [2.45, 2.75) is 12.6 Å². The summed E-state index contributed by atoms with van der Waals surface area (Å²) in [5.74, 6) is 0. The van der Waals surface area contributed by atoms with Gasteiger partial charge in [0.25, 0.3) is 0 Å². The number of alkyl halides is 3. The third-order valence-electron chi connectivity index (χ3n) is 2.99. The molecule has 122 valence electrons.